The molecule has 0 spiro atoms. The molecule has 0 unspecified atom stereocenters. The number of carbonyl (C=O) groups excluding carboxylic acids is 1. The molecule has 1 heterocycles. The Kier molecular flexibility index (Phi) is 5.13. The van der Waals surface area contributed by atoms with Crippen LogP contribution in [-0.4, -0.2) is 17.0 Å². The fourth-order valence-corrected chi connectivity index (χ4v) is 4.55. The summed E-state index contributed by atoms with van der Waals surface area (Å²) in [6, 6.07) is 7.14. The molecule has 0 aliphatic heterocycles. The van der Waals surface area contributed by atoms with Crippen LogP contribution in [0.15, 0.2) is 24.3 Å². The Balaban J connectivity index is 1.96. The molecule has 0 fully saturated rings. The van der Waals surface area contributed by atoms with Crippen LogP contribution < -0.4 is 11.2 Å². The first-order valence-corrected chi connectivity index (χ1v) is 9.23. The lowest BCUT2D eigenvalue weighted by molar-refractivity contribution is 0.0691. The zero-order valence-corrected chi connectivity index (χ0v) is 15.6. The van der Waals surface area contributed by atoms with Crippen LogP contribution >= 0.6 is 11.3 Å². The van der Waals surface area contributed by atoms with Crippen molar-refractivity contribution in [1.29, 1.82) is 0 Å². The smallest absolute Gasteiger partial charge is 0.337 e. The summed E-state index contributed by atoms with van der Waals surface area (Å²) < 4.78 is 0. The Morgan fingerprint density at radius 3 is 2.77 bits per heavy atom. The third kappa shape index (κ3) is 3.65. The van der Waals surface area contributed by atoms with Crippen LogP contribution in [0.5, 0.6) is 0 Å². The number of aryl methyl sites for hydroxylation is 1. The van der Waals surface area contributed by atoms with Gasteiger partial charge in [0.1, 0.15) is 4.88 Å². The Bertz CT molecular complexity index is 857. The first-order valence-electron chi connectivity index (χ1n) is 8.41. The summed E-state index contributed by atoms with van der Waals surface area (Å²) in [6.07, 6.45) is 2.46. The van der Waals surface area contributed by atoms with E-state index in [1.165, 1.54) is 11.3 Å². The highest BCUT2D eigenvalue weighted by molar-refractivity contribution is 7.14. The number of carboxylic acid groups (broad SMARTS) is 1. The summed E-state index contributed by atoms with van der Waals surface area (Å²) in [5, 5.41) is 12.5. The standard InChI is InChI=1S/C19H22N2O4S/c1-19(2)8-7-14-12(9-19)15(18(23)24)16(26-14)17(22)21-13-6-4-3-5-11(13)10-25-20/h3-6H,7-10,20H2,1-2H3,(H,21,22)(H,23,24). The molecule has 6 nitrogen and oxygen atoms in total. The molecule has 1 aliphatic rings. The van der Waals surface area contributed by atoms with Crippen molar-refractivity contribution >= 4 is 28.9 Å². The largest absolute Gasteiger partial charge is 0.478 e. The van der Waals surface area contributed by atoms with E-state index in [1.54, 1.807) is 18.2 Å². The minimum atomic E-state index is -1.05. The number of amides is 1. The summed E-state index contributed by atoms with van der Waals surface area (Å²) in [7, 11) is 0. The number of benzene rings is 1. The number of anilines is 1. The van der Waals surface area contributed by atoms with Gasteiger partial charge >= 0.3 is 5.97 Å². The van der Waals surface area contributed by atoms with E-state index >= 15 is 0 Å². The lowest BCUT2D eigenvalue weighted by Crippen LogP contribution is -2.23. The second-order valence-electron chi connectivity index (χ2n) is 7.28. The van der Waals surface area contributed by atoms with Crippen molar-refractivity contribution in [3.63, 3.8) is 0 Å². The fourth-order valence-electron chi connectivity index (χ4n) is 3.34. The molecular weight excluding hydrogens is 352 g/mol. The molecule has 0 bridgehead atoms. The molecule has 2 aromatic rings. The van der Waals surface area contributed by atoms with Gasteiger partial charge in [0, 0.05) is 16.1 Å². The molecular formula is C19H22N2O4S. The third-order valence-electron chi connectivity index (χ3n) is 4.70. The maximum absolute atomic E-state index is 12.8. The van der Waals surface area contributed by atoms with E-state index in [0.29, 0.717) is 12.1 Å². The molecule has 0 radical (unpaired) electrons. The summed E-state index contributed by atoms with van der Waals surface area (Å²) in [5.41, 5.74) is 2.27. The summed E-state index contributed by atoms with van der Waals surface area (Å²) in [4.78, 5) is 30.6. The van der Waals surface area contributed by atoms with Crippen LogP contribution in [0, 0.1) is 5.41 Å². The SMILES string of the molecule is CC1(C)CCc2sc(C(=O)Nc3ccccc3CON)c(C(=O)O)c2C1. The molecule has 1 aromatic carbocycles. The molecule has 26 heavy (non-hydrogen) atoms. The zero-order valence-electron chi connectivity index (χ0n) is 14.8. The normalized spacial score (nSPS) is 15.3. The number of carbonyl (C=O) groups is 2. The predicted molar refractivity (Wildman–Crippen MR) is 100 cm³/mol. The molecule has 1 aromatic heterocycles. The number of rotatable bonds is 5. The molecule has 3 rings (SSSR count). The van der Waals surface area contributed by atoms with Gasteiger partial charge < -0.3 is 10.4 Å². The minimum Gasteiger partial charge on any atom is -0.478 e. The van der Waals surface area contributed by atoms with Crippen molar-refractivity contribution in [3.8, 4) is 0 Å². The van der Waals surface area contributed by atoms with Gasteiger partial charge in [0.25, 0.3) is 5.91 Å². The second-order valence-corrected chi connectivity index (χ2v) is 8.38. The van der Waals surface area contributed by atoms with Gasteiger partial charge in [-0.05, 0) is 36.3 Å². The summed E-state index contributed by atoms with van der Waals surface area (Å²) >= 11 is 1.29. The predicted octanol–water partition coefficient (Wildman–Crippen LogP) is 3.60. The Hall–Kier alpha value is -2.22. The van der Waals surface area contributed by atoms with E-state index in [-0.39, 0.29) is 22.5 Å². The van der Waals surface area contributed by atoms with E-state index in [1.807, 2.05) is 6.07 Å². The van der Waals surface area contributed by atoms with Crippen molar-refractivity contribution in [2.45, 2.75) is 39.7 Å². The van der Waals surface area contributed by atoms with Gasteiger partial charge in [-0.15, -0.1) is 11.3 Å². The Labute approximate surface area is 155 Å². The van der Waals surface area contributed by atoms with Crippen molar-refractivity contribution in [2.75, 3.05) is 5.32 Å². The monoisotopic (exact) mass is 374 g/mol. The van der Waals surface area contributed by atoms with E-state index in [4.69, 9.17) is 5.90 Å². The maximum Gasteiger partial charge on any atom is 0.337 e. The van der Waals surface area contributed by atoms with Gasteiger partial charge in [0.2, 0.25) is 0 Å². The molecule has 0 atom stereocenters. The lowest BCUT2D eigenvalue weighted by atomic mass is 9.76. The zero-order chi connectivity index (χ0) is 18.9. The van der Waals surface area contributed by atoms with E-state index in [0.717, 1.165) is 28.8 Å². The van der Waals surface area contributed by atoms with Crippen LogP contribution in [0.2, 0.25) is 0 Å². The number of hydrogen-bond acceptors (Lipinski definition) is 5. The molecule has 0 saturated carbocycles. The minimum absolute atomic E-state index is 0.0388. The summed E-state index contributed by atoms with van der Waals surface area (Å²) in [6.45, 7) is 4.40. The van der Waals surface area contributed by atoms with E-state index in [9.17, 15) is 14.7 Å². The van der Waals surface area contributed by atoms with E-state index < -0.39 is 11.9 Å². The third-order valence-corrected chi connectivity index (χ3v) is 5.99. The van der Waals surface area contributed by atoms with Gasteiger partial charge in [0.15, 0.2) is 0 Å². The highest BCUT2D eigenvalue weighted by Crippen LogP contribution is 2.41. The van der Waals surface area contributed by atoms with Crippen LogP contribution in [0.3, 0.4) is 0 Å². The highest BCUT2D eigenvalue weighted by Gasteiger charge is 2.34. The first-order chi connectivity index (χ1) is 12.3. The number of aromatic carboxylic acids is 1. The maximum atomic E-state index is 12.8. The second kappa shape index (κ2) is 7.19. The number of nitrogens with one attached hydrogen (secondary N) is 1. The van der Waals surface area contributed by atoms with Crippen molar-refractivity contribution in [1.82, 2.24) is 0 Å². The molecule has 1 amide bonds. The van der Waals surface area contributed by atoms with Gasteiger partial charge in [-0.1, -0.05) is 32.0 Å². The number of nitrogens with two attached hydrogens (primary N) is 1. The first kappa shape index (κ1) is 18.6. The lowest BCUT2D eigenvalue weighted by Gasteiger charge is -2.29. The van der Waals surface area contributed by atoms with Crippen molar-refractivity contribution in [3.05, 3.63) is 50.7 Å². The molecule has 7 heteroatoms. The molecule has 0 saturated heterocycles. The molecule has 138 valence electrons. The van der Waals surface area contributed by atoms with Gasteiger partial charge in [0.05, 0.1) is 12.2 Å². The highest BCUT2D eigenvalue weighted by atomic mass is 32.1. The van der Waals surface area contributed by atoms with Crippen LogP contribution in [0.4, 0.5) is 5.69 Å². The van der Waals surface area contributed by atoms with Crippen molar-refractivity contribution in [2.24, 2.45) is 11.3 Å². The van der Waals surface area contributed by atoms with Crippen molar-refractivity contribution < 1.29 is 19.5 Å². The topological polar surface area (TPSA) is 102 Å². The number of fused-ring (bicyclic) bond motifs is 1. The number of para-hydroxylation sites is 1. The average molecular weight is 374 g/mol. The molecule has 1 aliphatic carbocycles. The van der Waals surface area contributed by atoms with E-state index in [2.05, 4.69) is 24.0 Å². The number of hydrogen-bond donors (Lipinski definition) is 3. The Morgan fingerprint density at radius 1 is 1.35 bits per heavy atom. The van der Waals surface area contributed by atoms with Crippen LogP contribution in [-0.2, 0) is 24.3 Å². The van der Waals surface area contributed by atoms with Gasteiger partial charge in [-0.25, -0.2) is 10.7 Å². The fraction of sp³-hybridized carbons (Fsp3) is 0.368. The molecule has 4 N–H and O–H groups in total. The Morgan fingerprint density at radius 2 is 2.08 bits per heavy atom. The van der Waals surface area contributed by atoms with Gasteiger partial charge in [-0.2, -0.15) is 0 Å². The van der Waals surface area contributed by atoms with Crippen LogP contribution in [0.25, 0.3) is 0 Å². The quantitative estimate of drug-likeness (QED) is 0.694. The average Bonchev–Trinajstić information content (AvgIpc) is 2.94. The van der Waals surface area contributed by atoms with Gasteiger partial charge in [-0.3, -0.25) is 9.63 Å². The summed E-state index contributed by atoms with van der Waals surface area (Å²) in [5.74, 6) is 3.67. The number of thiophene rings is 1. The number of carboxylic acids is 1. The van der Waals surface area contributed by atoms with Crippen LogP contribution in [0.1, 0.15) is 56.3 Å².